The van der Waals surface area contributed by atoms with Crippen molar-refractivity contribution in [1.82, 2.24) is 0 Å². The van der Waals surface area contributed by atoms with Crippen LogP contribution in [0.25, 0.3) is 6.08 Å². The Hall–Kier alpha value is -3.28. The number of rotatable bonds is 2. The number of nitrogens with zero attached hydrogens (tertiary/aromatic N) is 1. The highest BCUT2D eigenvalue weighted by Gasteiger charge is 2.26. The first-order valence-electron chi connectivity index (χ1n) is 7.50. The number of aliphatic imine (C=N–C) groups is 1. The Kier molecular flexibility index (Phi) is 3.65. The van der Waals surface area contributed by atoms with Crippen LogP contribution in [0.4, 0.5) is 8.78 Å². The molecule has 0 aliphatic carbocycles. The molecule has 4 nitrogen and oxygen atoms in total. The largest absolute Gasteiger partial charge is 0.488 e. The van der Waals surface area contributed by atoms with Crippen LogP contribution in [0.5, 0.6) is 5.75 Å². The van der Waals surface area contributed by atoms with Gasteiger partial charge in [0.25, 0.3) is 0 Å². The number of hydrogen-bond acceptors (Lipinski definition) is 4. The predicted octanol–water partition coefficient (Wildman–Crippen LogP) is 3.63. The molecule has 2 aromatic carbocycles. The molecule has 0 radical (unpaired) electrons. The summed E-state index contributed by atoms with van der Waals surface area (Å²) in [6, 6.07) is 10.5. The van der Waals surface area contributed by atoms with Crippen molar-refractivity contribution < 1.29 is 23.0 Å². The Bertz CT molecular complexity index is 976. The van der Waals surface area contributed by atoms with Crippen molar-refractivity contribution in [3.8, 4) is 5.75 Å². The van der Waals surface area contributed by atoms with E-state index in [9.17, 15) is 13.6 Å². The minimum Gasteiger partial charge on any atom is -0.488 e. The molecule has 0 spiro atoms. The molecule has 0 bridgehead atoms. The van der Waals surface area contributed by atoms with E-state index < -0.39 is 17.6 Å². The molecule has 0 fully saturated rings. The summed E-state index contributed by atoms with van der Waals surface area (Å²) < 4.78 is 37.4. The highest BCUT2D eigenvalue weighted by Crippen LogP contribution is 2.28. The van der Waals surface area contributed by atoms with Gasteiger partial charge in [-0.1, -0.05) is 18.2 Å². The van der Waals surface area contributed by atoms with Crippen molar-refractivity contribution in [3.63, 3.8) is 0 Å². The first-order valence-corrected chi connectivity index (χ1v) is 7.50. The van der Waals surface area contributed by atoms with Crippen molar-refractivity contribution in [2.75, 3.05) is 6.61 Å². The van der Waals surface area contributed by atoms with Crippen LogP contribution < -0.4 is 4.74 Å². The van der Waals surface area contributed by atoms with Gasteiger partial charge in [-0.25, -0.2) is 18.6 Å². The number of esters is 1. The zero-order valence-electron chi connectivity index (χ0n) is 12.8. The van der Waals surface area contributed by atoms with E-state index in [-0.39, 0.29) is 23.8 Å². The summed E-state index contributed by atoms with van der Waals surface area (Å²) >= 11 is 0. The quantitative estimate of drug-likeness (QED) is 0.620. The average molecular weight is 339 g/mol. The van der Waals surface area contributed by atoms with E-state index in [1.807, 2.05) is 30.3 Å². The third kappa shape index (κ3) is 2.94. The molecule has 0 saturated carbocycles. The number of para-hydroxylation sites is 1. The van der Waals surface area contributed by atoms with E-state index in [4.69, 9.17) is 9.47 Å². The van der Waals surface area contributed by atoms with Crippen LogP contribution in [0.3, 0.4) is 0 Å². The van der Waals surface area contributed by atoms with Crippen LogP contribution in [0.1, 0.15) is 11.1 Å². The number of benzene rings is 2. The second kappa shape index (κ2) is 5.98. The molecule has 0 saturated heterocycles. The fourth-order valence-electron chi connectivity index (χ4n) is 2.58. The fraction of sp³-hybridized carbons (Fsp3) is 0.0526. The van der Waals surface area contributed by atoms with E-state index in [1.54, 1.807) is 0 Å². The number of carbonyl (C=O) groups is 1. The van der Waals surface area contributed by atoms with Crippen molar-refractivity contribution in [2.24, 2.45) is 4.99 Å². The maximum Gasteiger partial charge on any atom is 0.363 e. The molecule has 0 unspecified atom stereocenters. The van der Waals surface area contributed by atoms with Gasteiger partial charge in [-0.2, -0.15) is 0 Å². The van der Waals surface area contributed by atoms with E-state index in [1.165, 1.54) is 12.1 Å². The van der Waals surface area contributed by atoms with Crippen LogP contribution in [-0.4, -0.2) is 18.5 Å². The van der Waals surface area contributed by atoms with E-state index >= 15 is 0 Å². The number of cyclic esters (lactones) is 1. The Morgan fingerprint density at radius 2 is 1.96 bits per heavy atom. The normalized spacial score (nSPS) is 17.5. The number of carbonyl (C=O) groups excluding carboxylic acids is 1. The summed E-state index contributed by atoms with van der Waals surface area (Å²) in [4.78, 5) is 16.0. The topological polar surface area (TPSA) is 47.9 Å². The molecule has 25 heavy (non-hydrogen) atoms. The average Bonchev–Trinajstić information content (AvgIpc) is 2.95. The zero-order chi connectivity index (χ0) is 17.4. The molecule has 2 aliphatic rings. The van der Waals surface area contributed by atoms with Crippen LogP contribution >= 0.6 is 0 Å². The Labute approximate surface area is 141 Å². The van der Waals surface area contributed by atoms with Gasteiger partial charge in [-0.3, -0.25) is 0 Å². The number of ether oxygens (including phenoxy) is 2. The van der Waals surface area contributed by atoms with Gasteiger partial charge >= 0.3 is 5.97 Å². The van der Waals surface area contributed by atoms with Gasteiger partial charge in [-0.05, 0) is 35.9 Å². The molecule has 4 rings (SSSR count). The molecular weight excluding hydrogens is 328 g/mol. The molecule has 6 heteroatoms. The van der Waals surface area contributed by atoms with Crippen LogP contribution in [0, 0.1) is 11.6 Å². The molecule has 2 aromatic rings. The summed E-state index contributed by atoms with van der Waals surface area (Å²) in [5, 5.41) is 0. The lowest BCUT2D eigenvalue weighted by Gasteiger charge is -2.15. The summed E-state index contributed by atoms with van der Waals surface area (Å²) in [5.41, 5.74) is 1.58. The smallest absolute Gasteiger partial charge is 0.363 e. The molecule has 2 aliphatic heterocycles. The molecule has 124 valence electrons. The first-order chi connectivity index (χ1) is 12.1. The van der Waals surface area contributed by atoms with Gasteiger partial charge in [0.1, 0.15) is 24.0 Å². The van der Waals surface area contributed by atoms with Gasteiger partial charge in [0.15, 0.2) is 5.70 Å². The summed E-state index contributed by atoms with van der Waals surface area (Å²) in [7, 11) is 0. The Balaban J connectivity index is 1.67. The van der Waals surface area contributed by atoms with E-state index in [2.05, 4.69) is 4.99 Å². The SMILES string of the molecule is O=C1OC(c2ccc(F)cc2F)=N/C1=C\C1=Cc2ccccc2OC1. The Morgan fingerprint density at radius 3 is 2.80 bits per heavy atom. The molecule has 0 N–H and O–H groups in total. The summed E-state index contributed by atoms with van der Waals surface area (Å²) in [6.45, 7) is 0.281. The van der Waals surface area contributed by atoms with Gasteiger partial charge in [0.05, 0.1) is 5.56 Å². The van der Waals surface area contributed by atoms with Crippen molar-refractivity contribution in [3.05, 3.63) is 82.6 Å². The number of halogens is 2. The van der Waals surface area contributed by atoms with Gasteiger partial charge in [0.2, 0.25) is 5.90 Å². The molecule has 0 atom stereocenters. The van der Waals surface area contributed by atoms with Gasteiger partial charge < -0.3 is 9.47 Å². The van der Waals surface area contributed by atoms with Crippen molar-refractivity contribution >= 4 is 17.9 Å². The summed E-state index contributed by atoms with van der Waals surface area (Å²) in [5.74, 6) is -1.69. The van der Waals surface area contributed by atoms with Crippen LogP contribution in [0.15, 0.2) is 64.8 Å². The third-order valence-corrected chi connectivity index (χ3v) is 3.76. The van der Waals surface area contributed by atoms with E-state index in [0.29, 0.717) is 6.07 Å². The first kappa shape index (κ1) is 15.3. The molecule has 0 aromatic heterocycles. The molecular formula is C19H11F2NO3. The predicted molar refractivity (Wildman–Crippen MR) is 87.0 cm³/mol. The lowest BCUT2D eigenvalue weighted by molar-refractivity contribution is -0.130. The van der Waals surface area contributed by atoms with Crippen molar-refractivity contribution in [2.45, 2.75) is 0 Å². The minimum absolute atomic E-state index is 0.0351. The Morgan fingerprint density at radius 1 is 1.12 bits per heavy atom. The maximum absolute atomic E-state index is 13.8. The van der Waals surface area contributed by atoms with Crippen LogP contribution in [-0.2, 0) is 9.53 Å². The van der Waals surface area contributed by atoms with Crippen LogP contribution in [0.2, 0.25) is 0 Å². The fourth-order valence-corrected chi connectivity index (χ4v) is 2.58. The monoisotopic (exact) mass is 339 g/mol. The summed E-state index contributed by atoms with van der Waals surface area (Å²) in [6.07, 6.45) is 3.41. The second-order valence-corrected chi connectivity index (χ2v) is 5.51. The molecule has 0 amide bonds. The second-order valence-electron chi connectivity index (χ2n) is 5.51. The standard InChI is InChI=1S/C19H11F2NO3/c20-13-5-6-14(15(21)9-13)18-22-16(19(23)25-18)8-11-7-12-3-1-2-4-17(12)24-10-11/h1-9H,10H2/b16-8-. The number of hydrogen-bond donors (Lipinski definition) is 0. The number of fused-ring (bicyclic) bond motifs is 1. The minimum atomic E-state index is -0.845. The highest BCUT2D eigenvalue weighted by molar-refractivity contribution is 6.11. The molecule has 2 heterocycles. The zero-order valence-corrected chi connectivity index (χ0v) is 12.8. The van der Waals surface area contributed by atoms with Crippen molar-refractivity contribution in [1.29, 1.82) is 0 Å². The maximum atomic E-state index is 13.8. The lowest BCUT2D eigenvalue weighted by atomic mass is 10.1. The van der Waals surface area contributed by atoms with Gasteiger partial charge in [0, 0.05) is 11.6 Å². The third-order valence-electron chi connectivity index (χ3n) is 3.76. The lowest BCUT2D eigenvalue weighted by Crippen LogP contribution is -2.08. The highest BCUT2D eigenvalue weighted by atomic mass is 19.1. The van der Waals surface area contributed by atoms with Gasteiger partial charge in [-0.15, -0.1) is 0 Å². The van der Waals surface area contributed by atoms with E-state index in [0.717, 1.165) is 23.0 Å².